The van der Waals surface area contributed by atoms with Crippen LogP contribution in [0, 0.1) is 6.92 Å². The summed E-state index contributed by atoms with van der Waals surface area (Å²) in [5.41, 5.74) is 1.40. The van der Waals surface area contributed by atoms with E-state index in [2.05, 4.69) is 20.7 Å². The zero-order chi connectivity index (χ0) is 21.2. The number of hydrogen-bond acceptors (Lipinski definition) is 4. The highest BCUT2D eigenvalue weighted by Crippen LogP contribution is 2.39. The Labute approximate surface area is 179 Å². The number of anilines is 1. The number of rotatable bonds is 7. The molecule has 0 unspecified atom stereocenters. The van der Waals surface area contributed by atoms with Crippen LogP contribution in [0.15, 0.2) is 48.5 Å². The van der Waals surface area contributed by atoms with Crippen LogP contribution in [0.3, 0.4) is 0 Å². The number of halogens is 4. The molecule has 0 amide bonds. The maximum absolute atomic E-state index is 12.9. The molecule has 2 aromatic carbocycles. The molecule has 0 aliphatic carbocycles. The summed E-state index contributed by atoms with van der Waals surface area (Å²) in [4.78, 5) is 0. The van der Waals surface area contributed by atoms with Crippen LogP contribution in [0.1, 0.15) is 11.1 Å². The van der Waals surface area contributed by atoms with Gasteiger partial charge in [-0.3, -0.25) is 4.31 Å². The maximum atomic E-state index is 12.9. The monoisotopic (exact) mass is 507 g/mol. The molecule has 0 aliphatic rings. The first-order chi connectivity index (χ1) is 13.6. The minimum absolute atomic E-state index is 0.00922. The van der Waals surface area contributed by atoms with Gasteiger partial charge in [-0.1, -0.05) is 46.3 Å². The normalized spacial score (nSPS) is 12.3. The van der Waals surface area contributed by atoms with Gasteiger partial charge >= 0.3 is 6.36 Å². The molecule has 10 heteroatoms. The van der Waals surface area contributed by atoms with Gasteiger partial charge in [-0.25, -0.2) is 8.42 Å². The number of hydrogen-bond donors (Lipinski definition) is 0. The average Bonchev–Trinajstić information content (AvgIpc) is 2.96. The molecule has 1 heterocycles. The quantitative estimate of drug-likeness (QED) is 0.377. The molecule has 0 fully saturated rings. The van der Waals surface area contributed by atoms with E-state index in [-0.39, 0.29) is 23.4 Å². The van der Waals surface area contributed by atoms with Crippen molar-refractivity contribution in [1.82, 2.24) is 0 Å². The van der Waals surface area contributed by atoms with Crippen LogP contribution in [0.5, 0.6) is 5.75 Å². The Morgan fingerprint density at radius 2 is 1.76 bits per heavy atom. The SMILES string of the molecule is Cc1c(N(Cc2ccc(OC(F)(F)F)cc2)S(=O)(=O)CCBr)sc2ccccc12. The lowest BCUT2D eigenvalue weighted by atomic mass is 10.2. The fourth-order valence-corrected chi connectivity index (χ4v) is 6.81. The number of ether oxygens (including phenoxy) is 1. The van der Waals surface area contributed by atoms with Gasteiger partial charge in [-0.15, -0.1) is 24.5 Å². The minimum atomic E-state index is -4.78. The first-order valence-electron chi connectivity index (χ1n) is 8.50. The molecule has 0 bridgehead atoms. The summed E-state index contributed by atoms with van der Waals surface area (Å²) in [5, 5.41) is 1.84. The van der Waals surface area contributed by atoms with Gasteiger partial charge in [0.1, 0.15) is 10.8 Å². The second-order valence-electron chi connectivity index (χ2n) is 6.23. The lowest BCUT2D eigenvalue weighted by molar-refractivity contribution is -0.274. The van der Waals surface area contributed by atoms with Crippen LogP contribution in [0.2, 0.25) is 0 Å². The predicted octanol–water partition coefficient (Wildman–Crippen LogP) is 5.84. The van der Waals surface area contributed by atoms with Gasteiger partial charge in [0.2, 0.25) is 10.0 Å². The molecule has 0 saturated heterocycles. The van der Waals surface area contributed by atoms with Gasteiger partial charge in [-0.05, 0) is 41.6 Å². The van der Waals surface area contributed by atoms with Crippen LogP contribution >= 0.6 is 27.3 Å². The molecule has 0 radical (unpaired) electrons. The highest BCUT2D eigenvalue weighted by Gasteiger charge is 2.31. The molecule has 0 aliphatic heterocycles. The second kappa shape index (κ2) is 8.53. The zero-order valence-electron chi connectivity index (χ0n) is 15.2. The first kappa shape index (κ1) is 21.9. The molecule has 3 aromatic rings. The Kier molecular flexibility index (Phi) is 6.45. The van der Waals surface area contributed by atoms with Crippen molar-refractivity contribution in [2.24, 2.45) is 0 Å². The first-order valence-corrected chi connectivity index (χ1v) is 12.0. The molecule has 0 spiro atoms. The van der Waals surface area contributed by atoms with E-state index >= 15 is 0 Å². The Morgan fingerprint density at radius 3 is 2.34 bits per heavy atom. The molecule has 1 aromatic heterocycles. The van der Waals surface area contributed by atoms with Crippen molar-refractivity contribution in [1.29, 1.82) is 0 Å². The fraction of sp³-hybridized carbons (Fsp3) is 0.263. The minimum Gasteiger partial charge on any atom is -0.406 e. The number of sulfonamides is 1. The predicted molar refractivity (Wildman–Crippen MR) is 113 cm³/mol. The van der Waals surface area contributed by atoms with E-state index in [1.165, 1.54) is 39.9 Å². The van der Waals surface area contributed by atoms with Gasteiger partial charge in [0.05, 0.1) is 12.3 Å². The number of nitrogens with zero attached hydrogens (tertiary/aromatic N) is 1. The van der Waals surface area contributed by atoms with Crippen LogP contribution in [-0.2, 0) is 16.6 Å². The van der Waals surface area contributed by atoms with E-state index in [0.29, 0.717) is 10.6 Å². The summed E-state index contributed by atoms with van der Waals surface area (Å²) in [6, 6.07) is 12.9. The van der Waals surface area contributed by atoms with E-state index < -0.39 is 16.4 Å². The van der Waals surface area contributed by atoms with Crippen molar-refractivity contribution in [3.8, 4) is 5.75 Å². The molecular weight excluding hydrogens is 491 g/mol. The Balaban J connectivity index is 1.97. The fourth-order valence-electron chi connectivity index (χ4n) is 2.87. The van der Waals surface area contributed by atoms with Gasteiger partial charge in [0.25, 0.3) is 0 Å². The summed E-state index contributed by atoms with van der Waals surface area (Å²) in [5.74, 6) is -0.454. The Hall–Kier alpha value is -1.78. The van der Waals surface area contributed by atoms with Gasteiger partial charge in [0, 0.05) is 10.0 Å². The second-order valence-corrected chi connectivity index (χ2v) is 10.1. The van der Waals surface area contributed by atoms with Gasteiger partial charge in [-0.2, -0.15) is 0 Å². The molecule has 29 heavy (non-hydrogen) atoms. The number of aryl methyl sites for hydroxylation is 1. The number of fused-ring (bicyclic) bond motifs is 1. The lowest BCUT2D eigenvalue weighted by Crippen LogP contribution is -2.33. The zero-order valence-corrected chi connectivity index (χ0v) is 18.5. The maximum Gasteiger partial charge on any atom is 0.573 e. The molecule has 0 saturated carbocycles. The molecule has 0 N–H and O–H groups in total. The Morgan fingerprint density at radius 1 is 1.10 bits per heavy atom. The van der Waals surface area contributed by atoms with Crippen molar-refractivity contribution < 1.29 is 26.3 Å². The number of thiophene rings is 1. The van der Waals surface area contributed by atoms with Crippen molar-refractivity contribution in [3.63, 3.8) is 0 Å². The molecular formula is C19H17BrF3NO3S2. The topological polar surface area (TPSA) is 46.6 Å². The third-order valence-corrected chi connectivity index (χ3v) is 8.24. The summed E-state index contributed by atoms with van der Waals surface area (Å²) in [7, 11) is -3.65. The van der Waals surface area contributed by atoms with Gasteiger partial charge < -0.3 is 4.74 Å². The summed E-state index contributed by atoms with van der Waals surface area (Å²) < 4.78 is 69.1. The molecule has 3 rings (SSSR count). The van der Waals surface area contributed by atoms with E-state index in [1.54, 1.807) is 0 Å². The van der Waals surface area contributed by atoms with E-state index in [1.807, 2.05) is 31.2 Å². The van der Waals surface area contributed by atoms with Crippen LogP contribution in [-0.4, -0.2) is 25.9 Å². The van der Waals surface area contributed by atoms with E-state index in [4.69, 9.17) is 0 Å². The Bertz CT molecular complexity index is 1100. The van der Waals surface area contributed by atoms with Crippen molar-refractivity contribution in [2.45, 2.75) is 19.8 Å². The summed E-state index contributed by atoms with van der Waals surface area (Å²) in [6.45, 7) is 1.88. The van der Waals surface area contributed by atoms with Crippen LogP contribution < -0.4 is 9.04 Å². The van der Waals surface area contributed by atoms with Crippen molar-refractivity contribution >= 4 is 52.4 Å². The lowest BCUT2D eigenvalue weighted by Gasteiger charge is -2.24. The molecule has 4 nitrogen and oxygen atoms in total. The molecule has 0 atom stereocenters. The van der Waals surface area contributed by atoms with Crippen LogP contribution in [0.4, 0.5) is 18.2 Å². The van der Waals surface area contributed by atoms with Crippen LogP contribution in [0.25, 0.3) is 10.1 Å². The van der Waals surface area contributed by atoms with E-state index in [9.17, 15) is 21.6 Å². The summed E-state index contributed by atoms with van der Waals surface area (Å²) in [6.07, 6.45) is -4.78. The van der Waals surface area contributed by atoms with Crippen molar-refractivity contribution in [2.75, 3.05) is 15.4 Å². The number of benzene rings is 2. The third kappa shape index (κ3) is 5.23. The smallest absolute Gasteiger partial charge is 0.406 e. The highest BCUT2D eigenvalue weighted by atomic mass is 79.9. The largest absolute Gasteiger partial charge is 0.573 e. The number of alkyl halides is 4. The highest BCUT2D eigenvalue weighted by molar-refractivity contribution is 9.09. The summed E-state index contributed by atoms with van der Waals surface area (Å²) >= 11 is 4.55. The molecule has 156 valence electrons. The van der Waals surface area contributed by atoms with E-state index in [0.717, 1.165) is 15.6 Å². The van der Waals surface area contributed by atoms with Crippen molar-refractivity contribution in [3.05, 3.63) is 59.7 Å². The third-order valence-electron chi connectivity index (χ3n) is 4.20. The van der Waals surface area contributed by atoms with Gasteiger partial charge in [0.15, 0.2) is 0 Å². The average molecular weight is 508 g/mol. The standard InChI is InChI=1S/C19H17BrF3NO3S2/c1-13-16-4-2-3-5-17(16)28-18(13)24(29(25,26)11-10-20)12-14-6-8-15(9-7-14)27-19(21,22)23/h2-9H,10-12H2,1H3.